The monoisotopic (exact) mass is 294 g/mol. The summed E-state index contributed by atoms with van der Waals surface area (Å²) >= 11 is 11.8. The molecule has 4 heteroatoms. The molecule has 0 aliphatic heterocycles. The van der Waals surface area contributed by atoms with Crippen molar-refractivity contribution in [2.75, 3.05) is 18.5 Å². The van der Waals surface area contributed by atoms with Gasteiger partial charge in [-0.05, 0) is 24.1 Å². The van der Waals surface area contributed by atoms with Crippen LogP contribution in [0.15, 0.2) is 42.5 Å². The van der Waals surface area contributed by atoms with Crippen LogP contribution >= 0.6 is 23.2 Å². The quantitative estimate of drug-likeness (QED) is 0.770. The minimum Gasteiger partial charge on any atom is -0.359 e. The molecule has 0 spiro atoms. The molecule has 1 heterocycles. The predicted molar refractivity (Wildman–Crippen MR) is 82.2 cm³/mol. The highest BCUT2D eigenvalue weighted by atomic mass is 35.5. The predicted octanol–water partition coefficient (Wildman–Crippen LogP) is 4.15. The number of pyridine rings is 1. The molecule has 0 aliphatic carbocycles. The van der Waals surface area contributed by atoms with E-state index in [9.17, 15) is 0 Å². The van der Waals surface area contributed by atoms with E-state index in [-0.39, 0.29) is 0 Å². The lowest BCUT2D eigenvalue weighted by Crippen LogP contribution is -2.21. The van der Waals surface area contributed by atoms with Crippen molar-refractivity contribution in [3.63, 3.8) is 0 Å². The van der Waals surface area contributed by atoms with Gasteiger partial charge in [-0.3, -0.25) is 0 Å². The molecule has 2 rings (SSSR count). The number of hydrogen-bond acceptors (Lipinski definition) is 2. The second-order valence-electron chi connectivity index (χ2n) is 4.39. The summed E-state index contributed by atoms with van der Waals surface area (Å²) < 4.78 is 0. The number of hydrogen-bond donors (Lipinski definition) is 0. The molecule has 0 saturated heterocycles. The summed E-state index contributed by atoms with van der Waals surface area (Å²) in [6, 6.07) is 14.2. The number of aromatic nitrogens is 1. The fourth-order valence-electron chi connectivity index (χ4n) is 1.84. The first-order valence-corrected chi connectivity index (χ1v) is 7.08. The highest BCUT2D eigenvalue weighted by molar-refractivity contribution is 6.32. The number of halogens is 2. The van der Waals surface area contributed by atoms with Gasteiger partial charge in [0, 0.05) is 13.6 Å². The summed E-state index contributed by atoms with van der Waals surface area (Å²) in [6.07, 6.45) is 0.984. The van der Waals surface area contributed by atoms with Gasteiger partial charge in [0.05, 0.1) is 16.6 Å². The van der Waals surface area contributed by atoms with Crippen LogP contribution in [-0.4, -0.2) is 18.6 Å². The zero-order valence-electron chi connectivity index (χ0n) is 10.8. The van der Waals surface area contributed by atoms with Crippen LogP contribution in [0, 0.1) is 0 Å². The van der Waals surface area contributed by atoms with E-state index in [1.807, 2.05) is 25.2 Å². The first-order chi connectivity index (χ1) is 9.20. The van der Waals surface area contributed by atoms with E-state index in [4.69, 9.17) is 23.2 Å². The largest absolute Gasteiger partial charge is 0.359 e. The standard InChI is InChI=1S/C15H16Cl2N2/c1-19(10-9-12-5-3-2-4-6-12)15-8-7-13(17)14(11-16)18-15/h2-8H,9-11H2,1H3. The second-order valence-corrected chi connectivity index (χ2v) is 5.06. The summed E-state index contributed by atoms with van der Waals surface area (Å²) in [5.41, 5.74) is 2.05. The number of rotatable bonds is 5. The highest BCUT2D eigenvalue weighted by Crippen LogP contribution is 2.20. The number of alkyl halides is 1. The Balaban J connectivity index is 2.02. The molecule has 0 amide bonds. The fourth-order valence-corrected chi connectivity index (χ4v) is 2.28. The summed E-state index contributed by atoms with van der Waals surface area (Å²) in [5, 5.41) is 0.621. The summed E-state index contributed by atoms with van der Waals surface area (Å²) in [5.74, 6) is 1.23. The van der Waals surface area contributed by atoms with Crippen molar-refractivity contribution in [1.29, 1.82) is 0 Å². The van der Waals surface area contributed by atoms with Crippen molar-refractivity contribution in [2.24, 2.45) is 0 Å². The van der Waals surface area contributed by atoms with Crippen molar-refractivity contribution in [3.05, 3.63) is 58.7 Å². The Morgan fingerprint density at radius 3 is 2.53 bits per heavy atom. The molecule has 0 aliphatic rings. The Hall–Kier alpha value is -1.25. The van der Waals surface area contributed by atoms with Crippen LogP contribution < -0.4 is 4.90 Å². The Bertz CT molecular complexity index is 529. The van der Waals surface area contributed by atoms with Crippen LogP contribution in [0.5, 0.6) is 0 Å². The number of anilines is 1. The molecule has 0 bridgehead atoms. The van der Waals surface area contributed by atoms with Crippen LogP contribution in [0.1, 0.15) is 11.3 Å². The molecule has 0 N–H and O–H groups in total. The normalized spacial score (nSPS) is 10.5. The topological polar surface area (TPSA) is 16.1 Å². The van der Waals surface area contributed by atoms with Gasteiger partial charge >= 0.3 is 0 Å². The molecule has 0 atom stereocenters. The third-order valence-electron chi connectivity index (χ3n) is 3.00. The van der Waals surface area contributed by atoms with Crippen molar-refractivity contribution in [2.45, 2.75) is 12.3 Å². The second kappa shape index (κ2) is 6.78. The van der Waals surface area contributed by atoms with Crippen molar-refractivity contribution in [1.82, 2.24) is 4.98 Å². The van der Waals surface area contributed by atoms with Gasteiger partial charge in [0.15, 0.2) is 0 Å². The zero-order chi connectivity index (χ0) is 13.7. The zero-order valence-corrected chi connectivity index (χ0v) is 12.3. The Labute approximate surface area is 124 Å². The average Bonchev–Trinajstić information content (AvgIpc) is 2.46. The van der Waals surface area contributed by atoms with Gasteiger partial charge in [-0.25, -0.2) is 4.98 Å². The minimum atomic E-state index is 0.333. The van der Waals surface area contributed by atoms with E-state index in [2.05, 4.69) is 34.1 Å². The van der Waals surface area contributed by atoms with Crippen LogP contribution in [0.2, 0.25) is 5.02 Å². The van der Waals surface area contributed by atoms with E-state index in [1.54, 1.807) is 0 Å². The fraction of sp³-hybridized carbons (Fsp3) is 0.267. The highest BCUT2D eigenvalue weighted by Gasteiger charge is 2.07. The van der Waals surface area contributed by atoms with Crippen molar-refractivity contribution >= 4 is 29.0 Å². The van der Waals surface area contributed by atoms with Crippen LogP contribution in [-0.2, 0) is 12.3 Å². The van der Waals surface area contributed by atoms with Crippen molar-refractivity contribution < 1.29 is 0 Å². The molecule has 2 aromatic rings. The lowest BCUT2D eigenvalue weighted by atomic mass is 10.1. The van der Waals surface area contributed by atoms with Crippen LogP contribution in [0.3, 0.4) is 0 Å². The van der Waals surface area contributed by atoms with Crippen LogP contribution in [0.4, 0.5) is 5.82 Å². The number of likely N-dealkylation sites (N-methyl/N-ethyl adjacent to an activating group) is 1. The van der Waals surface area contributed by atoms with Gasteiger partial charge in [0.2, 0.25) is 0 Å². The molecule has 0 saturated carbocycles. The van der Waals surface area contributed by atoms with E-state index in [1.165, 1.54) is 5.56 Å². The third kappa shape index (κ3) is 3.85. The van der Waals surface area contributed by atoms with E-state index < -0.39 is 0 Å². The first kappa shape index (κ1) is 14.2. The SMILES string of the molecule is CN(CCc1ccccc1)c1ccc(Cl)c(CCl)n1. The molecule has 0 fully saturated rings. The Morgan fingerprint density at radius 2 is 1.84 bits per heavy atom. The van der Waals surface area contributed by atoms with E-state index in [0.717, 1.165) is 24.5 Å². The molecule has 1 aromatic heterocycles. The van der Waals surface area contributed by atoms with Gasteiger partial charge in [-0.2, -0.15) is 0 Å². The Kier molecular flexibility index (Phi) is 5.06. The first-order valence-electron chi connectivity index (χ1n) is 6.17. The van der Waals surface area contributed by atoms with E-state index in [0.29, 0.717) is 10.9 Å². The molecular formula is C15H16Cl2N2. The van der Waals surface area contributed by atoms with Gasteiger partial charge in [-0.1, -0.05) is 41.9 Å². The molecule has 100 valence electrons. The Morgan fingerprint density at radius 1 is 1.11 bits per heavy atom. The maximum atomic E-state index is 6.01. The van der Waals surface area contributed by atoms with Gasteiger partial charge in [-0.15, -0.1) is 11.6 Å². The maximum absolute atomic E-state index is 6.01. The van der Waals surface area contributed by atoms with Gasteiger partial charge in [0.25, 0.3) is 0 Å². The summed E-state index contributed by atoms with van der Waals surface area (Å²) in [6.45, 7) is 0.903. The molecule has 1 aromatic carbocycles. The van der Waals surface area contributed by atoms with Gasteiger partial charge < -0.3 is 4.90 Å². The molecule has 2 nitrogen and oxygen atoms in total. The van der Waals surface area contributed by atoms with Crippen molar-refractivity contribution in [3.8, 4) is 0 Å². The minimum absolute atomic E-state index is 0.333. The van der Waals surface area contributed by atoms with Gasteiger partial charge in [0.1, 0.15) is 5.82 Å². The van der Waals surface area contributed by atoms with Crippen LogP contribution in [0.25, 0.3) is 0 Å². The number of nitrogens with zero attached hydrogens (tertiary/aromatic N) is 2. The summed E-state index contributed by atoms with van der Waals surface area (Å²) in [4.78, 5) is 6.58. The van der Waals surface area contributed by atoms with E-state index >= 15 is 0 Å². The smallest absolute Gasteiger partial charge is 0.128 e. The maximum Gasteiger partial charge on any atom is 0.128 e. The molecule has 0 unspecified atom stereocenters. The molecular weight excluding hydrogens is 279 g/mol. The number of benzene rings is 1. The lowest BCUT2D eigenvalue weighted by molar-refractivity contribution is 0.855. The summed E-state index contributed by atoms with van der Waals surface area (Å²) in [7, 11) is 2.02. The average molecular weight is 295 g/mol. The third-order valence-corrected chi connectivity index (χ3v) is 3.60. The molecule has 0 radical (unpaired) electrons. The molecule has 19 heavy (non-hydrogen) atoms. The lowest BCUT2D eigenvalue weighted by Gasteiger charge is -2.19.